The van der Waals surface area contributed by atoms with Gasteiger partial charge in [-0.2, -0.15) is 33.7 Å². The largest absolute Gasteiger partial charge is 0.331 e. The molecule has 18 nitrogen and oxygen atoms in total. The molecule has 0 aliphatic carbocycles. The average molecular weight is 755 g/mol. The summed E-state index contributed by atoms with van der Waals surface area (Å²) in [5, 5.41) is 0. The number of hydrogen-bond donors (Lipinski definition) is 0. The van der Waals surface area contributed by atoms with Gasteiger partial charge in [-0.25, -0.2) is 0 Å². The molecule has 4 rings (SSSR count). The van der Waals surface area contributed by atoms with E-state index in [9.17, 15) is 42.8 Å². The molecule has 4 heterocycles. The first kappa shape index (κ1) is 36.8. The quantitative estimate of drug-likeness (QED) is 0.143. The second-order valence-electron chi connectivity index (χ2n) is 12.4. The van der Waals surface area contributed by atoms with Crippen LogP contribution in [0, 0.1) is 0 Å². The Morgan fingerprint density at radius 2 is 0.682 bits per heavy atom. The SMILES string of the molecule is CC1(OP(=O)(CCCCP(=O)(OC2(C)COS(=O)(=O)C2)OC2(C)COS(=O)(=O)C2)OC2(C)COS(=O)(=O)C2)COS(=O)(=O)C1. The van der Waals surface area contributed by atoms with Crippen LogP contribution in [0.2, 0.25) is 0 Å². The maximum Gasteiger partial charge on any atom is 0.331 e. The standard InChI is InChI=1S/C20H36O18P2S4/c1-17(9-31-41(23,24)13-17)35-39(21,36-18(2)10-32-42(25,26)14-18)7-5-6-8-40(22,37-19(3)11-33-43(27,28)15-19)38-20(4)12-34-44(29,30)16-20/h5-16H2,1-4H3. The normalized spacial score (nSPS) is 40.0. The molecule has 4 saturated heterocycles. The highest BCUT2D eigenvalue weighted by atomic mass is 32.2. The van der Waals surface area contributed by atoms with Crippen LogP contribution in [-0.2, 0) is 84.4 Å². The molecule has 0 aromatic heterocycles. The monoisotopic (exact) mass is 754 g/mol. The first-order valence-electron chi connectivity index (χ1n) is 13.2. The molecule has 0 aromatic rings. The molecular weight excluding hydrogens is 718 g/mol. The third-order valence-electron chi connectivity index (χ3n) is 6.66. The van der Waals surface area contributed by atoms with E-state index in [2.05, 4.69) is 0 Å². The van der Waals surface area contributed by atoms with Gasteiger partial charge >= 0.3 is 15.2 Å². The average Bonchev–Trinajstić information content (AvgIpc) is 3.44. The minimum atomic E-state index is -4.32. The smallest absolute Gasteiger partial charge is 0.298 e. The third kappa shape index (κ3) is 9.74. The van der Waals surface area contributed by atoms with Crippen molar-refractivity contribution in [3.05, 3.63) is 0 Å². The van der Waals surface area contributed by atoms with Gasteiger partial charge in [0.2, 0.25) is 0 Å². The van der Waals surface area contributed by atoms with E-state index in [4.69, 9.17) is 34.8 Å². The molecule has 4 fully saturated rings. The van der Waals surface area contributed by atoms with E-state index in [-0.39, 0.29) is 12.8 Å². The minimum Gasteiger partial charge on any atom is -0.298 e. The Balaban J connectivity index is 1.50. The Kier molecular flexibility index (Phi) is 9.88. The van der Waals surface area contributed by atoms with Crippen molar-refractivity contribution in [3.63, 3.8) is 0 Å². The van der Waals surface area contributed by atoms with Crippen molar-refractivity contribution in [2.75, 3.05) is 61.8 Å². The van der Waals surface area contributed by atoms with E-state index in [0.717, 1.165) is 0 Å². The fraction of sp³-hybridized carbons (Fsp3) is 1.00. The van der Waals surface area contributed by atoms with Crippen molar-refractivity contribution >= 4 is 55.7 Å². The molecule has 0 bridgehead atoms. The van der Waals surface area contributed by atoms with Gasteiger partial charge in [0.05, 0.1) is 38.8 Å². The van der Waals surface area contributed by atoms with Crippen LogP contribution in [0.1, 0.15) is 40.5 Å². The number of unbranched alkanes of at least 4 members (excludes halogenated alkanes) is 1. The highest BCUT2D eigenvalue weighted by Crippen LogP contribution is 2.59. The Hall–Kier alpha value is -0.0600. The molecule has 0 N–H and O–H groups in total. The molecule has 0 amide bonds. The van der Waals surface area contributed by atoms with Gasteiger partial charge in [0.1, 0.15) is 45.4 Å². The lowest BCUT2D eigenvalue weighted by atomic mass is 10.2. The molecule has 4 unspecified atom stereocenters. The van der Waals surface area contributed by atoms with E-state index in [1.807, 2.05) is 0 Å². The molecule has 4 aliphatic heterocycles. The zero-order valence-corrected chi connectivity index (χ0v) is 29.4. The number of rotatable bonds is 13. The highest BCUT2D eigenvalue weighted by molar-refractivity contribution is 7.87. The van der Waals surface area contributed by atoms with Crippen LogP contribution in [0.15, 0.2) is 0 Å². The fourth-order valence-electron chi connectivity index (χ4n) is 5.07. The van der Waals surface area contributed by atoms with Crippen molar-refractivity contribution < 1.29 is 77.6 Å². The lowest BCUT2D eigenvalue weighted by Crippen LogP contribution is -2.37. The minimum absolute atomic E-state index is 0.0849. The van der Waals surface area contributed by atoms with Crippen molar-refractivity contribution in [3.8, 4) is 0 Å². The van der Waals surface area contributed by atoms with Crippen LogP contribution < -0.4 is 0 Å². The van der Waals surface area contributed by atoms with Gasteiger partial charge in [0.15, 0.2) is 0 Å². The van der Waals surface area contributed by atoms with Crippen LogP contribution in [0.5, 0.6) is 0 Å². The van der Waals surface area contributed by atoms with Crippen molar-refractivity contribution in [2.24, 2.45) is 0 Å². The second kappa shape index (κ2) is 11.8. The molecule has 0 saturated carbocycles. The topological polar surface area (TPSA) is 245 Å². The summed E-state index contributed by atoms with van der Waals surface area (Å²) in [6.45, 7) is 3.46. The summed E-state index contributed by atoms with van der Waals surface area (Å²) in [6.07, 6.45) is -1.000. The predicted molar refractivity (Wildman–Crippen MR) is 151 cm³/mol. The van der Waals surface area contributed by atoms with Gasteiger partial charge in [-0.3, -0.25) is 44.0 Å². The Bertz CT molecular complexity index is 1440. The van der Waals surface area contributed by atoms with E-state index < -0.39 is 140 Å². The molecule has 258 valence electrons. The zero-order valence-electron chi connectivity index (χ0n) is 24.4. The predicted octanol–water partition coefficient (Wildman–Crippen LogP) is 0.694. The molecular formula is C20H36O18P2S4. The fourth-order valence-corrected chi connectivity index (χ4v) is 15.8. The first-order valence-corrected chi connectivity index (χ1v) is 22.9. The summed E-state index contributed by atoms with van der Waals surface area (Å²) >= 11 is 0. The summed E-state index contributed by atoms with van der Waals surface area (Å²) < 4.78 is 165. The maximum atomic E-state index is 14.0. The van der Waals surface area contributed by atoms with E-state index in [1.54, 1.807) is 0 Å². The molecule has 0 aromatic carbocycles. The Morgan fingerprint density at radius 3 is 0.841 bits per heavy atom. The van der Waals surface area contributed by atoms with Crippen LogP contribution in [-0.4, -0.2) is 118 Å². The van der Waals surface area contributed by atoms with Gasteiger partial charge in [-0.05, 0) is 40.5 Å². The molecule has 0 spiro atoms. The lowest BCUT2D eigenvalue weighted by Gasteiger charge is -2.34. The van der Waals surface area contributed by atoms with Gasteiger partial charge < -0.3 is 0 Å². The highest BCUT2D eigenvalue weighted by Gasteiger charge is 2.53. The first-order chi connectivity index (χ1) is 19.7. The van der Waals surface area contributed by atoms with Crippen LogP contribution in [0.25, 0.3) is 0 Å². The van der Waals surface area contributed by atoms with Gasteiger partial charge in [-0.15, -0.1) is 0 Å². The van der Waals surface area contributed by atoms with Gasteiger partial charge in [0.25, 0.3) is 40.5 Å². The second-order valence-corrected chi connectivity index (χ2v) is 23.0. The van der Waals surface area contributed by atoms with Gasteiger partial charge in [0, 0.05) is 0 Å². The molecule has 44 heavy (non-hydrogen) atoms. The molecule has 4 atom stereocenters. The van der Waals surface area contributed by atoms with Crippen LogP contribution in [0.3, 0.4) is 0 Å². The Morgan fingerprint density at radius 1 is 0.477 bits per heavy atom. The summed E-state index contributed by atoms with van der Waals surface area (Å²) in [5.74, 6) is -2.60. The molecule has 4 aliphatic rings. The summed E-state index contributed by atoms with van der Waals surface area (Å²) in [7, 11) is -24.6. The van der Waals surface area contributed by atoms with Crippen molar-refractivity contribution in [1.82, 2.24) is 0 Å². The molecule has 0 radical (unpaired) electrons. The summed E-state index contributed by atoms with van der Waals surface area (Å²) in [6, 6.07) is 0. The maximum absolute atomic E-state index is 14.0. The lowest BCUT2D eigenvalue weighted by molar-refractivity contribution is 0.0148. The van der Waals surface area contributed by atoms with E-state index in [0.29, 0.717) is 0 Å². The zero-order chi connectivity index (χ0) is 33.1. The van der Waals surface area contributed by atoms with E-state index in [1.165, 1.54) is 27.7 Å². The van der Waals surface area contributed by atoms with Crippen LogP contribution in [0.4, 0.5) is 0 Å². The van der Waals surface area contributed by atoms with Crippen molar-refractivity contribution in [1.29, 1.82) is 0 Å². The third-order valence-corrected chi connectivity index (χ3v) is 17.0. The summed E-state index contributed by atoms with van der Waals surface area (Å²) in [5.41, 5.74) is -6.41. The number of hydrogen-bond acceptors (Lipinski definition) is 18. The van der Waals surface area contributed by atoms with E-state index >= 15 is 0 Å². The van der Waals surface area contributed by atoms with Gasteiger partial charge in [-0.1, -0.05) is 0 Å². The van der Waals surface area contributed by atoms with Crippen LogP contribution >= 0.6 is 15.2 Å². The summed E-state index contributed by atoms with van der Waals surface area (Å²) in [4.78, 5) is 0. The molecule has 24 heteroatoms. The van der Waals surface area contributed by atoms with Crippen molar-refractivity contribution in [2.45, 2.75) is 62.9 Å². The Labute approximate surface area is 257 Å².